The van der Waals surface area contributed by atoms with Gasteiger partial charge in [-0.2, -0.15) is 11.8 Å². The number of unbranched alkanes of at least 4 members (excludes halogenated alkanes) is 1. The van der Waals surface area contributed by atoms with Crippen LogP contribution in [0.4, 0.5) is 4.79 Å². The molecule has 1 aromatic heterocycles. The molecule has 0 radical (unpaired) electrons. The maximum absolute atomic E-state index is 11.6. The van der Waals surface area contributed by atoms with Crippen molar-refractivity contribution < 1.29 is 14.7 Å². The number of amides is 2. The smallest absolute Gasteiger partial charge is 0.355 e. The number of hydrogen-bond donors (Lipinski definition) is 3. The van der Waals surface area contributed by atoms with Crippen molar-refractivity contribution in [3.8, 4) is 0 Å². The van der Waals surface area contributed by atoms with E-state index in [-0.39, 0.29) is 17.8 Å². The van der Waals surface area contributed by atoms with Crippen molar-refractivity contribution in [3.05, 3.63) is 16.1 Å². The van der Waals surface area contributed by atoms with E-state index in [2.05, 4.69) is 21.9 Å². The van der Waals surface area contributed by atoms with E-state index in [0.717, 1.165) is 18.6 Å². The number of carbonyl (C=O) groups is 2. The zero-order valence-electron chi connectivity index (χ0n) is 11.5. The van der Waals surface area contributed by atoms with Gasteiger partial charge in [-0.25, -0.2) is 14.6 Å². The van der Waals surface area contributed by atoms with E-state index >= 15 is 0 Å². The highest BCUT2D eigenvalue weighted by Crippen LogP contribution is 2.17. The largest absolute Gasteiger partial charge is 0.476 e. The molecular weight excluding hydrogens is 298 g/mol. The lowest BCUT2D eigenvalue weighted by Crippen LogP contribution is -2.37. The van der Waals surface area contributed by atoms with Crippen LogP contribution in [0.1, 0.15) is 41.3 Å². The summed E-state index contributed by atoms with van der Waals surface area (Å²) in [5.41, 5.74) is 0.0103. The minimum atomic E-state index is -1.06. The van der Waals surface area contributed by atoms with E-state index in [1.54, 1.807) is 18.7 Å². The maximum atomic E-state index is 11.6. The van der Waals surface area contributed by atoms with Crippen molar-refractivity contribution >= 4 is 35.1 Å². The van der Waals surface area contributed by atoms with Gasteiger partial charge in [-0.3, -0.25) is 0 Å². The Kier molecular flexibility index (Phi) is 7.38. The molecule has 2 amide bonds. The molecule has 1 unspecified atom stereocenters. The van der Waals surface area contributed by atoms with Crippen LogP contribution >= 0.6 is 23.1 Å². The Morgan fingerprint density at radius 3 is 2.85 bits per heavy atom. The summed E-state index contributed by atoms with van der Waals surface area (Å²) in [6, 6.07) is -0.562. The number of thiazole rings is 1. The molecule has 0 spiro atoms. The fraction of sp³-hybridized carbons (Fsp3) is 0.583. The monoisotopic (exact) mass is 317 g/mol. The molecule has 20 heavy (non-hydrogen) atoms. The van der Waals surface area contributed by atoms with Crippen molar-refractivity contribution in [2.45, 2.75) is 25.8 Å². The molecule has 8 heteroatoms. The summed E-state index contributed by atoms with van der Waals surface area (Å²) in [4.78, 5) is 26.3. The topological polar surface area (TPSA) is 91.3 Å². The highest BCUT2D eigenvalue weighted by Gasteiger charge is 2.15. The normalized spacial score (nSPS) is 11.9. The van der Waals surface area contributed by atoms with Crippen LogP contribution in [0.15, 0.2) is 5.38 Å². The Balaban J connectivity index is 2.31. The molecule has 0 fully saturated rings. The SMILES string of the molecule is CSCCCCNC(=O)NC(C)c1nc(C(=O)O)cs1. The molecule has 0 aliphatic heterocycles. The van der Waals surface area contributed by atoms with Gasteiger partial charge in [-0.15, -0.1) is 11.3 Å². The quantitative estimate of drug-likeness (QED) is 0.640. The zero-order chi connectivity index (χ0) is 15.0. The number of nitrogens with one attached hydrogen (secondary N) is 2. The molecule has 1 rings (SSSR count). The van der Waals surface area contributed by atoms with E-state index in [0.29, 0.717) is 11.6 Å². The van der Waals surface area contributed by atoms with Crippen LogP contribution in [0.3, 0.4) is 0 Å². The first-order chi connectivity index (χ1) is 9.54. The third kappa shape index (κ3) is 5.79. The molecule has 112 valence electrons. The molecule has 1 heterocycles. The fourth-order valence-electron chi connectivity index (χ4n) is 1.47. The summed E-state index contributed by atoms with van der Waals surface area (Å²) < 4.78 is 0. The van der Waals surface area contributed by atoms with Gasteiger partial charge in [0, 0.05) is 11.9 Å². The van der Waals surface area contributed by atoms with E-state index in [4.69, 9.17) is 5.11 Å². The molecular formula is C12H19N3O3S2. The third-order valence-electron chi connectivity index (χ3n) is 2.52. The van der Waals surface area contributed by atoms with Gasteiger partial charge in [-0.05, 0) is 31.8 Å². The first-order valence-electron chi connectivity index (χ1n) is 6.26. The Labute approximate surface area is 126 Å². The first-order valence-corrected chi connectivity index (χ1v) is 8.54. The van der Waals surface area contributed by atoms with Gasteiger partial charge < -0.3 is 15.7 Å². The summed E-state index contributed by atoms with van der Waals surface area (Å²) in [5.74, 6) is 0.0366. The molecule has 0 bridgehead atoms. The Morgan fingerprint density at radius 1 is 1.50 bits per heavy atom. The highest BCUT2D eigenvalue weighted by atomic mass is 32.2. The minimum absolute atomic E-state index is 0.0103. The second kappa shape index (κ2) is 8.80. The third-order valence-corrected chi connectivity index (χ3v) is 4.24. The van der Waals surface area contributed by atoms with Crippen LogP contribution < -0.4 is 10.6 Å². The molecule has 1 atom stereocenters. The Hall–Kier alpha value is -1.28. The summed E-state index contributed by atoms with van der Waals surface area (Å²) in [6.45, 7) is 2.41. The van der Waals surface area contributed by atoms with Gasteiger partial charge in [0.2, 0.25) is 0 Å². The van der Waals surface area contributed by atoms with Crippen molar-refractivity contribution in [2.24, 2.45) is 0 Å². The predicted molar refractivity (Wildman–Crippen MR) is 81.6 cm³/mol. The zero-order valence-corrected chi connectivity index (χ0v) is 13.1. The minimum Gasteiger partial charge on any atom is -0.476 e. The van der Waals surface area contributed by atoms with Gasteiger partial charge in [0.25, 0.3) is 0 Å². The summed E-state index contributed by atoms with van der Waals surface area (Å²) >= 11 is 3.02. The number of rotatable bonds is 8. The molecule has 0 saturated heterocycles. The van der Waals surface area contributed by atoms with Crippen molar-refractivity contribution in [2.75, 3.05) is 18.6 Å². The number of aromatic nitrogens is 1. The van der Waals surface area contributed by atoms with Crippen molar-refractivity contribution in [3.63, 3.8) is 0 Å². The van der Waals surface area contributed by atoms with Crippen LogP contribution in [0.2, 0.25) is 0 Å². The van der Waals surface area contributed by atoms with Crippen LogP contribution in [-0.2, 0) is 0 Å². The molecule has 0 saturated carbocycles. The lowest BCUT2D eigenvalue weighted by atomic mass is 10.3. The van der Waals surface area contributed by atoms with E-state index in [1.165, 1.54) is 16.7 Å². The fourth-order valence-corrected chi connectivity index (χ4v) is 2.76. The first kappa shape index (κ1) is 16.8. The molecule has 0 aliphatic rings. The van der Waals surface area contributed by atoms with Crippen LogP contribution in [0.25, 0.3) is 0 Å². The predicted octanol–water partition coefficient (Wildman–Crippen LogP) is 2.34. The van der Waals surface area contributed by atoms with Gasteiger partial charge >= 0.3 is 12.0 Å². The number of hydrogen-bond acceptors (Lipinski definition) is 5. The Bertz CT molecular complexity index is 451. The van der Waals surface area contributed by atoms with Crippen LogP contribution in [0.5, 0.6) is 0 Å². The van der Waals surface area contributed by atoms with E-state index < -0.39 is 5.97 Å². The molecule has 6 nitrogen and oxygen atoms in total. The number of carboxylic acids is 1. The summed E-state index contributed by atoms with van der Waals surface area (Å²) in [5, 5.41) is 16.4. The highest BCUT2D eigenvalue weighted by molar-refractivity contribution is 7.98. The lowest BCUT2D eigenvalue weighted by molar-refractivity contribution is 0.0691. The number of nitrogens with zero attached hydrogens (tertiary/aromatic N) is 1. The van der Waals surface area contributed by atoms with Crippen molar-refractivity contribution in [1.82, 2.24) is 15.6 Å². The lowest BCUT2D eigenvalue weighted by Gasteiger charge is -2.12. The number of thioether (sulfide) groups is 1. The van der Waals surface area contributed by atoms with Gasteiger partial charge in [-0.1, -0.05) is 0 Å². The molecule has 1 aromatic rings. The average Bonchev–Trinajstić information content (AvgIpc) is 2.88. The molecule has 0 aliphatic carbocycles. The van der Waals surface area contributed by atoms with Crippen molar-refractivity contribution in [1.29, 1.82) is 0 Å². The van der Waals surface area contributed by atoms with Crippen LogP contribution in [0, 0.1) is 0 Å². The van der Waals surface area contributed by atoms with E-state index in [9.17, 15) is 9.59 Å². The second-order valence-corrected chi connectivity index (χ2v) is 6.07. The van der Waals surface area contributed by atoms with Gasteiger partial charge in [0.15, 0.2) is 5.69 Å². The number of carbonyl (C=O) groups excluding carboxylic acids is 1. The summed E-state index contributed by atoms with van der Waals surface area (Å²) in [7, 11) is 0. The Morgan fingerprint density at radius 2 is 2.25 bits per heavy atom. The van der Waals surface area contributed by atoms with Gasteiger partial charge in [0.05, 0.1) is 6.04 Å². The number of urea groups is 1. The van der Waals surface area contributed by atoms with E-state index in [1.807, 2.05) is 0 Å². The number of carboxylic acid groups (broad SMARTS) is 1. The molecule has 3 N–H and O–H groups in total. The molecule has 0 aromatic carbocycles. The maximum Gasteiger partial charge on any atom is 0.355 e. The average molecular weight is 317 g/mol. The standard InChI is InChI=1S/C12H19N3O3S2/c1-8(10-15-9(7-20-10)11(16)17)14-12(18)13-5-3-4-6-19-2/h7-8H,3-6H2,1-2H3,(H,16,17)(H2,13,14,18). The summed E-state index contributed by atoms with van der Waals surface area (Å²) in [6.07, 6.45) is 4.08. The second-order valence-electron chi connectivity index (χ2n) is 4.20. The van der Waals surface area contributed by atoms with Crippen LogP contribution in [-0.4, -0.2) is 40.6 Å². The number of aromatic carboxylic acids is 1. The van der Waals surface area contributed by atoms with Gasteiger partial charge in [0.1, 0.15) is 5.01 Å².